The minimum atomic E-state index is -0.296. The van der Waals surface area contributed by atoms with E-state index >= 15 is 0 Å². The number of anilines is 1. The molecule has 2 aromatic carbocycles. The Balaban J connectivity index is 1.85. The van der Waals surface area contributed by atoms with Crippen molar-refractivity contribution in [2.24, 2.45) is 0 Å². The molecule has 150 valence electrons. The molecule has 1 atom stereocenters. The van der Waals surface area contributed by atoms with Crippen LogP contribution < -0.4 is 19.5 Å². The predicted molar refractivity (Wildman–Crippen MR) is 111 cm³/mol. The number of ether oxygens (including phenoxy) is 3. The number of methoxy groups -OCH3 is 3. The smallest absolute Gasteiger partial charge is 0.225 e. The number of carbonyl (C=O) groups excluding carboxylic acids is 1. The number of rotatable bonds is 5. The molecule has 5 nitrogen and oxygen atoms in total. The van der Waals surface area contributed by atoms with E-state index in [1.54, 1.807) is 44.8 Å². The first-order chi connectivity index (χ1) is 14.1. The van der Waals surface area contributed by atoms with Crippen LogP contribution in [0.3, 0.4) is 0 Å². The fourth-order valence-corrected chi connectivity index (χ4v) is 4.87. The lowest BCUT2D eigenvalue weighted by molar-refractivity contribution is -0.116. The zero-order valence-corrected chi connectivity index (χ0v) is 17.1. The van der Waals surface area contributed by atoms with Gasteiger partial charge in [0, 0.05) is 33.7 Å². The summed E-state index contributed by atoms with van der Waals surface area (Å²) in [4.78, 5) is 13.6. The van der Waals surface area contributed by atoms with Crippen molar-refractivity contribution in [3.05, 3.63) is 58.0 Å². The quantitative estimate of drug-likeness (QED) is 0.636. The Morgan fingerprint density at radius 3 is 2.38 bits per heavy atom. The van der Waals surface area contributed by atoms with Gasteiger partial charge in [-0.1, -0.05) is 18.2 Å². The number of benzene rings is 2. The molecular formula is C22H20FNO4S. The van der Waals surface area contributed by atoms with Gasteiger partial charge >= 0.3 is 0 Å². The zero-order valence-electron chi connectivity index (χ0n) is 16.2. The summed E-state index contributed by atoms with van der Waals surface area (Å²) in [6.07, 6.45) is 0.294. The molecule has 1 aliphatic heterocycles. The van der Waals surface area contributed by atoms with E-state index in [2.05, 4.69) is 5.32 Å². The molecule has 1 aliphatic rings. The zero-order chi connectivity index (χ0) is 20.5. The number of halogens is 1. The maximum Gasteiger partial charge on any atom is 0.225 e. The van der Waals surface area contributed by atoms with Gasteiger partial charge in [-0.25, -0.2) is 4.39 Å². The van der Waals surface area contributed by atoms with Crippen LogP contribution in [0.15, 0.2) is 41.8 Å². The minimum Gasteiger partial charge on any atom is -0.493 e. The number of fused-ring (bicyclic) bond motifs is 1. The molecule has 0 bridgehead atoms. The Morgan fingerprint density at radius 2 is 1.72 bits per heavy atom. The third-order valence-corrected chi connectivity index (χ3v) is 6.15. The molecule has 0 saturated carbocycles. The largest absolute Gasteiger partial charge is 0.493 e. The van der Waals surface area contributed by atoms with Gasteiger partial charge in [0.2, 0.25) is 11.7 Å². The molecule has 7 heteroatoms. The summed E-state index contributed by atoms with van der Waals surface area (Å²) >= 11 is 1.56. The average molecular weight is 413 g/mol. The fourth-order valence-electron chi connectivity index (χ4n) is 3.72. The molecule has 1 N–H and O–H groups in total. The normalized spacial score (nSPS) is 15.4. The molecule has 3 aromatic rings. The predicted octanol–water partition coefficient (Wildman–Crippen LogP) is 5.05. The van der Waals surface area contributed by atoms with Gasteiger partial charge in [0.05, 0.1) is 27.0 Å². The van der Waals surface area contributed by atoms with E-state index in [-0.39, 0.29) is 17.6 Å². The third kappa shape index (κ3) is 3.31. The van der Waals surface area contributed by atoms with E-state index in [0.717, 1.165) is 27.3 Å². The maximum absolute atomic E-state index is 13.3. The van der Waals surface area contributed by atoms with E-state index in [1.165, 1.54) is 12.1 Å². The molecule has 1 unspecified atom stereocenters. The van der Waals surface area contributed by atoms with Crippen LogP contribution in [0.1, 0.15) is 22.8 Å². The van der Waals surface area contributed by atoms with Crippen molar-refractivity contribution in [1.29, 1.82) is 0 Å². The van der Waals surface area contributed by atoms with Crippen LogP contribution in [0.4, 0.5) is 10.1 Å². The van der Waals surface area contributed by atoms with Crippen molar-refractivity contribution in [3.63, 3.8) is 0 Å². The summed E-state index contributed by atoms with van der Waals surface area (Å²) in [6.45, 7) is 0. The molecule has 0 fully saturated rings. The Morgan fingerprint density at radius 1 is 1.00 bits per heavy atom. The highest BCUT2D eigenvalue weighted by Crippen LogP contribution is 2.51. The van der Waals surface area contributed by atoms with Crippen molar-refractivity contribution in [2.45, 2.75) is 12.3 Å². The second-order valence-electron chi connectivity index (χ2n) is 6.62. The van der Waals surface area contributed by atoms with Gasteiger partial charge < -0.3 is 19.5 Å². The fraction of sp³-hybridized carbons (Fsp3) is 0.227. The summed E-state index contributed by atoms with van der Waals surface area (Å²) in [5, 5.41) is 4.98. The maximum atomic E-state index is 13.3. The first kappa shape index (κ1) is 19.3. The number of thiophene rings is 1. The molecule has 0 radical (unpaired) electrons. The molecule has 2 heterocycles. The summed E-state index contributed by atoms with van der Waals surface area (Å²) < 4.78 is 29.8. The molecule has 1 amide bonds. The van der Waals surface area contributed by atoms with Crippen LogP contribution in [-0.4, -0.2) is 27.2 Å². The Bertz CT molecular complexity index is 1060. The van der Waals surface area contributed by atoms with Crippen molar-refractivity contribution < 1.29 is 23.4 Å². The van der Waals surface area contributed by atoms with Gasteiger partial charge in [0.1, 0.15) is 5.82 Å². The Labute approximate surface area is 172 Å². The topological polar surface area (TPSA) is 56.8 Å². The van der Waals surface area contributed by atoms with E-state index < -0.39 is 0 Å². The van der Waals surface area contributed by atoms with Crippen LogP contribution in [0.25, 0.3) is 11.1 Å². The number of carbonyl (C=O) groups is 1. The first-order valence-corrected chi connectivity index (χ1v) is 9.91. The molecule has 0 spiro atoms. The number of amides is 1. The highest BCUT2D eigenvalue weighted by Gasteiger charge is 2.33. The standard InChI is InChI=1S/C22H20FNO4S/c1-26-17-9-8-14(20(27-2)21(17)28-3)15-10-18(25)24-19-16(11-29-22(15)19)12-4-6-13(23)7-5-12/h4-9,11,15H,10H2,1-3H3,(H,24,25). The molecule has 0 saturated heterocycles. The highest BCUT2D eigenvalue weighted by molar-refractivity contribution is 7.11. The van der Waals surface area contributed by atoms with E-state index in [1.807, 2.05) is 17.5 Å². The van der Waals surface area contributed by atoms with E-state index in [0.29, 0.717) is 23.7 Å². The SMILES string of the molecule is COc1ccc(C2CC(=O)Nc3c(-c4ccc(F)cc4)csc32)c(OC)c1OC. The minimum absolute atomic E-state index is 0.0823. The van der Waals surface area contributed by atoms with Crippen molar-refractivity contribution in [1.82, 2.24) is 0 Å². The lowest BCUT2D eigenvalue weighted by Gasteiger charge is -2.26. The van der Waals surface area contributed by atoms with Gasteiger partial charge in [-0.2, -0.15) is 0 Å². The number of hydrogen-bond acceptors (Lipinski definition) is 5. The Kier molecular flexibility index (Phi) is 5.15. The van der Waals surface area contributed by atoms with E-state index in [9.17, 15) is 9.18 Å². The monoisotopic (exact) mass is 413 g/mol. The molecule has 4 rings (SSSR count). The van der Waals surface area contributed by atoms with Crippen molar-refractivity contribution in [2.75, 3.05) is 26.6 Å². The number of nitrogens with one attached hydrogen (secondary N) is 1. The van der Waals surface area contributed by atoms with Crippen LogP contribution >= 0.6 is 11.3 Å². The van der Waals surface area contributed by atoms with Crippen molar-refractivity contribution >= 4 is 22.9 Å². The second-order valence-corrected chi connectivity index (χ2v) is 7.54. The molecule has 1 aromatic heterocycles. The second kappa shape index (κ2) is 7.75. The van der Waals surface area contributed by atoms with Crippen LogP contribution in [0, 0.1) is 5.82 Å². The van der Waals surface area contributed by atoms with E-state index in [4.69, 9.17) is 14.2 Å². The van der Waals surface area contributed by atoms with Gasteiger partial charge in [0.15, 0.2) is 11.5 Å². The third-order valence-electron chi connectivity index (χ3n) is 5.06. The average Bonchev–Trinajstić information content (AvgIpc) is 3.16. The lowest BCUT2D eigenvalue weighted by atomic mass is 9.88. The molecule has 0 aliphatic carbocycles. The van der Waals surface area contributed by atoms with Gasteiger partial charge in [-0.05, 0) is 23.8 Å². The summed E-state index contributed by atoms with van der Waals surface area (Å²) in [5.41, 5.74) is 3.35. The van der Waals surface area contributed by atoms with Crippen LogP contribution in [-0.2, 0) is 4.79 Å². The molecule has 29 heavy (non-hydrogen) atoms. The summed E-state index contributed by atoms with van der Waals surface area (Å²) in [7, 11) is 4.70. The van der Waals surface area contributed by atoms with Crippen molar-refractivity contribution in [3.8, 4) is 28.4 Å². The van der Waals surface area contributed by atoms with Crippen LogP contribution in [0.5, 0.6) is 17.2 Å². The Hall–Kier alpha value is -3.06. The summed E-state index contributed by atoms with van der Waals surface area (Å²) in [6, 6.07) is 9.98. The van der Waals surface area contributed by atoms with Gasteiger partial charge in [-0.3, -0.25) is 4.79 Å². The first-order valence-electron chi connectivity index (χ1n) is 9.03. The van der Waals surface area contributed by atoms with Gasteiger partial charge in [-0.15, -0.1) is 11.3 Å². The highest BCUT2D eigenvalue weighted by atomic mass is 32.1. The molecular weight excluding hydrogens is 393 g/mol. The van der Waals surface area contributed by atoms with Gasteiger partial charge in [0.25, 0.3) is 0 Å². The summed E-state index contributed by atoms with van der Waals surface area (Å²) in [5.74, 6) is 1.04. The number of hydrogen-bond donors (Lipinski definition) is 1. The van der Waals surface area contributed by atoms with Crippen LogP contribution in [0.2, 0.25) is 0 Å². The lowest BCUT2D eigenvalue weighted by Crippen LogP contribution is -2.23.